The largest absolute Gasteiger partial charge is 0.469 e. The van der Waals surface area contributed by atoms with Crippen LogP contribution >= 0.6 is 7.82 Å². The molecule has 46 heavy (non-hydrogen) atoms. The second-order valence-corrected chi connectivity index (χ2v) is 13.1. The van der Waals surface area contributed by atoms with Gasteiger partial charge in [0.1, 0.15) is 6.61 Å². The van der Waals surface area contributed by atoms with Crippen molar-refractivity contribution in [2.45, 2.75) is 161 Å². The summed E-state index contributed by atoms with van der Waals surface area (Å²) in [5, 5.41) is 0. The number of phosphoric acid groups is 1. The van der Waals surface area contributed by atoms with E-state index < -0.39 is 32.5 Å². The minimum absolute atomic E-state index is 0.0910. The topological polar surface area (TPSA) is 119 Å². The molecule has 0 aromatic rings. The molecule has 0 rings (SSSR count). The zero-order valence-corrected chi connectivity index (χ0v) is 29.9. The molecule has 0 heterocycles. The van der Waals surface area contributed by atoms with Gasteiger partial charge in [0.05, 0.1) is 6.61 Å². The number of carbonyl (C=O) groups excluding carboxylic acids is 2. The van der Waals surface area contributed by atoms with E-state index >= 15 is 0 Å². The summed E-state index contributed by atoms with van der Waals surface area (Å²) in [5.41, 5.74) is 0. The van der Waals surface area contributed by atoms with E-state index in [2.05, 4.69) is 54.8 Å². The predicted octanol–water partition coefficient (Wildman–Crippen LogP) is 10.4. The second kappa shape index (κ2) is 32.9. The summed E-state index contributed by atoms with van der Waals surface area (Å²) < 4.78 is 26.2. The summed E-state index contributed by atoms with van der Waals surface area (Å²) in [6.45, 7) is 3.49. The number of esters is 2. The van der Waals surface area contributed by atoms with Crippen LogP contribution in [0.25, 0.3) is 0 Å². The fourth-order valence-electron chi connectivity index (χ4n) is 4.74. The Morgan fingerprint density at radius 3 is 1.52 bits per heavy atom. The minimum Gasteiger partial charge on any atom is -0.462 e. The normalized spacial score (nSPS) is 13.0. The van der Waals surface area contributed by atoms with Crippen molar-refractivity contribution in [3.05, 3.63) is 48.6 Å². The fourth-order valence-corrected chi connectivity index (χ4v) is 5.10. The Balaban J connectivity index is 4.07. The van der Waals surface area contributed by atoms with Gasteiger partial charge in [0.25, 0.3) is 0 Å². The van der Waals surface area contributed by atoms with Gasteiger partial charge in [-0.05, 0) is 38.5 Å². The SMILES string of the molecule is CC/C=C\C/C=C\C/C=C\C/C=C\CCC(=O)OC(COC(=O)CCCCCCCCCCCCCCCCC)COP(=O)(O)O. The standard InChI is InChI=1S/C37H65O8P/c1-3-5-7-9-11-13-15-17-18-20-21-23-25-27-29-31-36(38)43-33-35(34-44-46(40,41)42)45-37(39)32-30-28-26-24-22-19-16-14-12-10-8-6-4-2/h6,8,12,14,19,22,26,28,35H,3-5,7,9-11,13,15-18,20-21,23-25,27,29-34H2,1-2H3,(H2,40,41,42)/b8-6-,14-12-,22-19-,28-26-. The monoisotopic (exact) mass is 668 g/mol. The first-order valence-corrected chi connectivity index (χ1v) is 19.5. The molecular formula is C37H65O8P. The van der Waals surface area contributed by atoms with E-state index in [0.29, 0.717) is 6.42 Å². The van der Waals surface area contributed by atoms with Crippen LogP contribution in [0.3, 0.4) is 0 Å². The van der Waals surface area contributed by atoms with Crippen LogP contribution in [0.2, 0.25) is 0 Å². The fraction of sp³-hybridized carbons (Fsp3) is 0.730. The number of rotatable bonds is 32. The van der Waals surface area contributed by atoms with Crippen LogP contribution in [0.15, 0.2) is 48.6 Å². The number of ether oxygens (including phenoxy) is 2. The van der Waals surface area contributed by atoms with Crippen LogP contribution in [-0.4, -0.2) is 41.0 Å². The molecule has 0 aliphatic heterocycles. The maximum Gasteiger partial charge on any atom is 0.469 e. The van der Waals surface area contributed by atoms with Gasteiger partial charge in [0, 0.05) is 12.8 Å². The third-order valence-electron chi connectivity index (χ3n) is 7.38. The van der Waals surface area contributed by atoms with Gasteiger partial charge in [-0.25, -0.2) is 4.57 Å². The van der Waals surface area contributed by atoms with Crippen LogP contribution in [-0.2, 0) is 28.2 Å². The summed E-state index contributed by atoms with van der Waals surface area (Å²) in [5.74, 6) is -0.980. The highest BCUT2D eigenvalue weighted by molar-refractivity contribution is 7.46. The van der Waals surface area contributed by atoms with E-state index in [4.69, 9.17) is 19.3 Å². The molecule has 0 radical (unpaired) electrons. The molecule has 1 atom stereocenters. The van der Waals surface area contributed by atoms with E-state index in [1.165, 1.54) is 77.0 Å². The molecular weight excluding hydrogens is 603 g/mol. The van der Waals surface area contributed by atoms with E-state index in [1.54, 1.807) is 0 Å². The molecule has 0 aromatic carbocycles. The molecule has 9 heteroatoms. The third-order valence-corrected chi connectivity index (χ3v) is 7.86. The maximum absolute atomic E-state index is 12.3. The number of phosphoric ester groups is 1. The van der Waals surface area contributed by atoms with Gasteiger partial charge < -0.3 is 19.3 Å². The molecule has 0 fully saturated rings. The molecule has 0 saturated carbocycles. The van der Waals surface area contributed by atoms with Crippen molar-refractivity contribution in [2.24, 2.45) is 0 Å². The average Bonchev–Trinajstić information content (AvgIpc) is 3.02. The second-order valence-electron chi connectivity index (χ2n) is 11.8. The first-order valence-electron chi connectivity index (χ1n) is 17.9. The first-order chi connectivity index (χ1) is 22.3. The number of hydrogen-bond donors (Lipinski definition) is 2. The molecule has 0 saturated heterocycles. The summed E-state index contributed by atoms with van der Waals surface area (Å²) in [7, 11) is -4.76. The van der Waals surface area contributed by atoms with Gasteiger partial charge in [-0.2, -0.15) is 0 Å². The van der Waals surface area contributed by atoms with Crippen LogP contribution in [0.5, 0.6) is 0 Å². The quantitative estimate of drug-likeness (QED) is 0.0315. The predicted molar refractivity (Wildman–Crippen MR) is 188 cm³/mol. The Bertz CT molecular complexity index is 890. The zero-order valence-electron chi connectivity index (χ0n) is 29.0. The number of unbranched alkanes of at least 4 members (excludes halogenated alkanes) is 14. The molecule has 0 bridgehead atoms. The summed E-state index contributed by atoms with van der Waals surface area (Å²) in [6, 6.07) is 0. The van der Waals surface area contributed by atoms with Gasteiger partial charge in [-0.1, -0.05) is 152 Å². The molecule has 266 valence electrons. The molecule has 0 spiro atoms. The lowest BCUT2D eigenvalue weighted by Gasteiger charge is -2.18. The van der Waals surface area contributed by atoms with Crippen LogP contribution in [0.4, 0.5) is 0 Å². The van der Waals surface area contributed by atoms with Crippen molar-refractivity contribution in [3.8, 4) is 0 Å². The lowest BCUT2D eigenvalue weighted by molar-refractivity contribution is -0.161. The Kier molecular flexibility index (Phi) is 31.5. The van der Waals surface area contributed by atoms with Crippen LogP contribution < -0.4 is 0 Å². The van der Waals surface area contributed by atoms with E-state index in [1.807, 2.05) is 12.2 Å². The minimum atomic E-state index is -4.76. The summed E-state index contributed by atoms with van der Waals surface area (Å²) in [4.78, 5) is 42.6. The highest BCUT2D eigenvalue weighted by Crippen LogP contribution is 2.35. The summed E-state index contributed by atoms with van der Waals surface area (Å²) >= 11 is 0. The number of hydrogen-bond acceptors (Lipinski definition) is 6. The van der Waals surface area contributed by atoms with Crippen molar-refractivity contribution in [1.29, 1.82) is 0 Å². The Morgan fingerprint density at radius 2 is 1.04 bits per heavy atom. The van der Waals surface area contributed by atoms with Crippen molar-refractivity contribution < 1.29 is 37.9 Å². The van der Waals surface area contributed by atoms with Gasteiger partial charge >= 0.3 is 19.8 Å². The third kappa shape index (κ3) is 34.9. The molecule has 8 nitrogen and oxygen atoms in total. The van der Waals surface area contributed by atoms with Gasteiger partial charge in [0.2, 0.25) is 0 Å². The lowest BCUT2D eigenvalue weighted by atomic mass is 10.0. The van der Waals surface area contributed by atoms with Crippen molar-refractivity contribution in [2.75, 3.05) is 13.2 Å². The first kappa shape index (κ1) is 44.0. The van der Waals surface area contributed by atoms with Gasteiger partial charge in [-0.3, -0.25) is 14.1 Å². The maximum atomic E-state index is 12.3. The number of carbonyl (C=O) groups is 2. The smallest absolute Gasteiger partial charge is 0.462 e. The van der Waals surface area contributed by atoms with E-state index in [9.17, 15) is 14.2 Å². The van der Waals surface area contributed by atoms with Crippen molar-refractivity contribution in [1.82, 2.24) is 0 Å². The zero-order chi connectivity index (χ0) is 34.0. The average molecular weight is 669 g/mol. The van der Waals surface area contributed by atoms with Crippen molar-refractivity contribution >= 4 is 19.8 Å². The highest BCUT2D eigenvalue weighted by atomic mass is 31.2. The van der Waals surface area contributed by atoms with Crippen LogP contribution in [0.1, 0.15) is 155 Å². The van der Waals surface area contributed by atoms with Crippen LogP contribution in [0, 0.1) is 0 Å². The molecule has 0 aliphatic carbocycles. The van der Waals surface area contributed by atoms with E-state index in [0.717, 1.165) is 44.9 Å². The molecule has 2 N–H and O–H groups in total. The molecule has 0 amide bonds. The Morgan fingerprint density at radius 1 is 0.587 bits per heavy atom. The highest BCUT2D eigenvalue weighted by Gasteiger charge is 2.22. The number of allylic oxidation sites excluding steroid dienone is 8. The lowest BCUT2D eigenvalue weighted by Crippen LogP contribution is -2.29. The van der Waals surface area contributed by atoms with Gasteiger partial charge in [-0.15, -0.1) is 0 Å². The summed E-state index contributed by atoms with van der Waals surface area (Å²) in [6.07, 6.45) is 38.5. The van der Waals surface area contributed by atoms with Crippen molar-refractivity contribution in [3.63, 3.8) is 0 Å². The van der Waals surface area contributed by atoms with Gasteiger partial charge in [0.15, 0.2) is 6.10 Å². The van der Waals surface area contributed by atoms with E-state index in [-0.39, 0.29) is 19.4 Å². The Labute approximate surface area is 280 Å². The Hall–Kier alpha value is -1.99. The molecule has 0 aromatic heterocycles. The molecule has 1 unspecified atom stereocenters. The molecule has 0 aliphatic rings.